The first-order valence-corrected chi connectivity index (χ1v) is 12.0. The maximum Gasteiger partial charge on any atom is 0.234 e. The molecule has 1 amide bonds. The van der Waals surface area contributed by atoms with Crippen LogP contribution in [0.3, 0.4) is 0 Å². The van der Waals surface area contributed by atoms with Crippen molar-refractivity contribution in [2.24, 2.45) is 0 Å². The first kappa shape index (κ1) is 22.6. The van der Waals surface area contributed by atoms with Gasteiger partial charge in [-0.05, 0) is 55.5 Å². The largest absolute Gasteiger partial charge is 0.325 e. The maximum absolute atomic E-state index is 12.6. The average Bonchev–Trinajstić information content (AvgIpc) is 3.15. The van der Waals surface area contributed by atoms with Gasteiger partial charge in [0.05, 0.1) is 5.75 Å². The van der Waals surface area contributed by atoms with Gasteiger partial charge in [0.2, 0.25) is 5.91 Å². The van der Waals surface area contributed by atoms with E-state index in [0.717, 1.165) is 58.1 Å². The fourth-order valence-corrected chi connectivity index (χ4v) is 4.85. The zero-order chi connectivity index (χ0) is 21.5. The highest BCUT2D eigenvalue weighted by molar-refractivity contribution is 9.10. The molecule has 3 rings (SSSR count). The second kappa shape index (κ2) is 10.8. The third-order valence-electron chi connectivity index (χ3n) is 4.95. The summed E-state index contributed by atoms with van der Waals surface area (Å²) in [5.41, 5.74) is 4.37. The molecule has 1 heterocycles. The van der Waals surface area contributed by atoms with E-state index >= 15 is 0 Å². The third kappa shape index (κ3) is 5.73. The van der Waals surface area contributed by atoms with Gasteiger partial charge in [-0.25, -0.2) is 0 Å². The lowest BCUT2D eigenvalue weighted by molar-refractivity contribution is -0.113. The summed E-state index contributed by atoms with van der Waals surface area (Å²) in [6.45, 7) is 6.97. The molecule has 0 aliphatic rings. The van der Waals surface area contributed by atoms with Gasteiger partial charge in [0, 0.05) is 23.1 Å². The monoisotopic (exact) mass is 486 g/mol. The number of nitrogens with zero attached hydrogens (tertiary/aromatic N) is 3. The van der Waals surface area contributed by atoms with Gasteiger partial charge in [-0.3, -0.25) is 4.79 Å². The highest BCUT2D eigenvalue weighted by Gasteiger charge is 2.15. The number of hydrogen-bond donors (Lipinski definition) is 1. The lowest BCUT2D eigenvalue weighted by Crippen LogP contribution is -2.17. The lowest BCUT2D eigenvalue weighted by atomic mass is 10.1. The zero-order valence-corrected chi connectivity index (χ0v) is 20.0. The van der Waals surface area contributed by atoms with E-state index in [9.17, 15) is 4.79 Å². The molecule has 0 atom stereocenters. The van der Waals surface area contributed by atoms with Crippen LogP contribution in [0.25, 0.3) is 0 Å². The van der Waals surface area contributed by atoms with Gasteiger partial charge in [0.15, 0.2) is 5.16 Å². The number of rotatable bonds is 9. The Morgan fingerprint density at radius 1 is 1.13 bits per heavy atom. The number of benzene rings is 2. The Kier molecular flexibility index (Phi) is 8.10. The van der Waals surface area contributed by atoms with E-state index in [0.29, 0.717) is 5.75 Å². The van der Waals surface area contributed by atoms with Crippen LogP contribution in [0.5, 0.6) is 0 Å². The van der Waals surface area contributed by atoms with Crippen molar-refractivity contribution < 1.29 is 4.79 Å². The Morgan fingerprint density at radius 2 is 1.90 bits per heavy atom. The van der Waals surface area contributed by atoms with Crippen LogP contribution in [-0.2, 0) is 30.6 Å². The van der Waals surface area contributed by atoms with Crippen LogP contribution < -0.4 is 5.32 Å². The van der Waals surface area contributed by atoms with Gasteiger partial charge in [-0.15, -0.1) is 10.2 Å². The number of amides is 1. The Balaban J connectivity index is 1.62. The van der Waals surface area contributed by atoms with Crippen LogP contribution >= 0.6 is 27.7 Å². The van der Waals surface area contributed by atoms with E-state index in [4.69, 9.17) is 0 Å². The fraction of sp³-hybridized carbons (Fsp3) is 0.348. The van der Waals surface area contributed by atoms with Crippen molar-refractivity contribution in [1.82, 2.24) is 14.8 Å². The van der Waals surface area contributed by atoms with Crippen molar-refractivity contribution >= 4 is 39.3 Å². The molecular weight excluding hydrogens is 460 g/mol. The Labute approximate surface area is 190 Å². The number of carbonyl (C=O) groups excluding carboxylic acids is 1. The quantitative estimate of drug-likeness (QED) is 0.408. The first-order chi connectivity index (χ1) is 14.5. The summed E-state index contributed by atoms with van der Waals surface area (Å²) >= 11 is 4.96. The van der Waals surface area contributed by atoms with Crippen LogP contribution in [0.1, 0.15) is 36.4 Å². The van der Waals surface area contributed by atoms with E-state index in [1.165, 1.54) is 17.3 Å². The Hall–Kier alpha value is -2.12. The predicted octanol–water partition coefficient (Wildman–Crippen LogP) is 5.45. The van der Waals surface area contributed by atoms with Crippen molar-refractivity contribution in [3.8, 4) is 0 Å². The SMILES string of the molecule is CCc1cc(Br)cc(C)c1NC(=O)CSc1nnc(CCc2ccccc2)n1CC. The van der Waals surface area contributed by atoms with Crippen LogP contribution in [0.4, 0.5) is 5.69 Å². The van der Waals surface area contributed by atoms with E-state index < -0.39 is 0 Å². The fourth-order valence-electron chi connectivity index (χ4n) is 3.41. The molecule has 7 heteroatoms. The molecule has 1 aromatic heterocycles. The number of nitrogens with one attached hydrogen (secondary N) is 1. The average molecular weight is 487 g/mol. The van der Waals surface area contributed by atoms with Gasteiger partial charge < -0.3 is 9.88 Å². The molecule has 5 nitrogen and oxygen atoms in total. The summed E-state index contributed by atoms with van der Waals surface area (Å²) in [5, 5.41) is 12.6. The molecule has 0 saturated heterocycles. The van der Waals surface area contributed by atoms with Crippen molar-refractivity contribution in [2.45, 2.75) is 51.7 Å². The number of aromatic nitrogens is 3. The van der Waals surface area contributed by atoms with Crippen LogP contribution in [0.15, 0.2) is 52.1 Å². The number of halogens is 1. The molecular formula is C23H27BrN4OS. The lowest BCUT2D eigenvalue weighted by Gasteiger charge is -2.14. The minimum absolute atomic E-state index is 0.0309. The van der Waals surface area contributed by atoms with E-state index in [2.05, 4.69) is 80.2 Å². The minimum atomic E-state index is -0.0309. The summed E-state index contributed by atoms with van der Waals surface area (Å²) in [4.78, 5) is 12.6. The number of anilines is 1. The van der Waals surface area contributed by atoms with Gasteiger partial charge >= 0.3 is 0 Å². The van der Waals surface area contributed by atoms with Crippen molar-refractivity contribution in [3.05, 3.63) is 69.5 Å². The van der Waals surface area contributed by atoms with Crippen LogP contribution in [-0.4, -0.2) is 26.4 Å². The van der Waals surface area contributed by atoms with E-state index in [-0.39, 0.29) is 5.91 Å². The molecule has 158 valence electrons. The highest BCUT2D eigenvalue weighted by atomic mass is 79.9. The molecule has 2 aromatic carbocycles. The molecule has 0 saturated carbocycles. The molecule has 0 unspecified atom stereocenters. The van der Waals surface area contributed by atoms with Crippen LogP contribution in [0, 0.1) is 6.92 Å². The molecule has 0 bridgehead atoms. The van der Waals surface area contributed by atoms with Crippen molar-refractivity contribution in [3.63, 3.8) is 0 Å². The molecule has 0 aliphatic heterocycles. The summed E-state index contributed by atoms with van der Waals surface area (Å²) in [5.74, 6) is 1.23. The second-order valence-electron chi connectivity index (χ2n) is 7.08. The summed E-state index contributed by atoms with van der Waals surface area (Å²) in [7, 11) is 0. The molecule has 0 radical (unpaired) electrons. The number of hydrogen-bond acceptors (Lipinski definition) is 4. The van der Waals surface area contributed by atoms with Gasteiger partial charge in [-0.2, -0.15) is 0 Å². The topological polar surface area (TPSA) is 59.8 Å². The normalized spacial score (nSPS) is 10.9. The molecule has 0 fully saturated rings. The summed E-state index contributed by atoms with van der Waals surface area (Å²) in [6, 6.07) is 14.5. The Bertz CT molecular complexity index is 1000. The summed E-state index contributed by atoms with van der Waals surface area (Å²) in [6.07, 6.45) is 2.61. The first-order valence-electron chi connectivity index (χ1n) is 10.2. The minimum Gasteiger partial charge on any atom is -0.325 e. The molecule has 30 heavy (non-hydrogen) atoms. The zero-order valence-electron chi connectivity index (χ0n) is 17.6. The van der Waals surface area contributed by atoms with Crippen molar-refractivity contribution in [2.75, 3.05) is 11.1 Å². The maximum atomic E-state index is 12.6. The van der Waals surface area contributed by atoms with Gasteiger partial charge in [0.1, 0.15) is 5.82 Å². The van der Waals surface area contributed by atoms with E-state index in [1.807, 2.05) is 19.1 Å². The molecule has 0 aliphatic carbocycles. The molecule has 3 aromatic rings. The molecule has 0 spiro atoms. The van der Waals surface area contributed by atoms with Gasteiger partial charge in [-0.1, -0.05) is 64.9 Å². The predicted molar refractivity (Wildman–Crippen MR) is 127 cm³/mol. The van der Waals surface area contributed by atoms with Crippen LogP contribution in [0.2, 0.25) is 0 Å². The third-order valence-corrected chi connectivity index (χ3v) is 6.37. The number of thioether (sulfide) groups is 1. The number of carbonyl (C=O) groups is 1. The molecule has 1 N–H and O–H groups in total. The number of aryl methyl sites for hydroxylation is 4. The van der Waals surface area contributed by atoms with Crippen molar-refractivity contribution in [1.29, 1.82) is 0 Å². The van der Waals surface area contributed by atoms with E-state index in [1.54, 1.807) is 0 Å². The summed E-state index contributed by atoms with van der Waals surface area (Å²) < 4.78 is 3.13. The highest BCUT2D eigenvalue weighted by Crippen LogP contribution is 2.27. The van der Waals surface area contributed by atoms with Gasteiger partial charge in [0.25, 0.3) is 0 Å². The second-order valence-corrected chi connectivity index (χ2v) is 8.93. The smallest absolute Gasteiger partial charge is 0.234 e. The standard InChI is InChI=1S/C23H27BrN4OS/c1-4-18-14-19(24)13-16(3)22(18)25-21(29)15-30-23-27-26-20(28(23)5-2)12-11-17-9-7-6-8-10-17/h6-10,13-14H,4-5,11-12,15H2,1-3H3,(H,25,29). The Morgan fingerprint density at radius 3 is 2.60 bits per heavy atom.